The first kappa shape index (κ1) is 17.3. The summed E-state index contributed by atoms with van der Waals surface area (Å²) in [5.74, 6) is 2.49. The first-order valence-electron chi connectivity index (χ1n) is 9.66. The smallest absolute Gasteiger partial charge is 0.0162 e. The average molecular weight is 320 g/mol. The highest BCUT2D eigenvalue weighted by atomic mass is 14.2. The molecular weight excluding hydrogens is 288 g/mol. The summed E-state index contributed by atoms with van der Waals surface area (Å²) in [4.78, 5) is 0. The summed E-state index contributed by atoms with van der Waals surface area (Å²) in [6, 6.07) is 18.5. The van der Waals surface area contributed by atoms with Crippen LogP contribution in [0.4, 0.5) is 0 Å². The van der Waals surface area contributed by atoms with Gasteiger partial charge in [0.2, 0.25) is 0 Å². The van der Waals surface area contributed by atoms with Crippen molar-refractivity contribution in [3.05, 3.63) is 76.7 Å². The highest BCUT2D eigenvalue weighted by Gasteiger charge is 2.19. The Morgan fingerprint density at radius 2 is 1.21 bits per heavy atom. The molecule has 0 atom stereocenters. The van der Waals surface area contributed by atoms with E-state index in [2.05, 4.69) is 62.4 Å². The van der Waals surface area contributed by atoms with Gasteiger partial charge in [0.25, 0.3) is 0 Å². The van der Waals surface area contributed by atoms with Crippen LogP contribution in [0.2, 0.25) is 0 Å². The maximum atomic E-state index is 2.39. The summed E-state index contributed by atoms with van der Waals surface area (Å²) in [5.41, 5.74) is 5.89. The van der Waals surface area contributed by atoms with Gasteiger partial charge in [-0.2, -0.15) is 0 Å². The van der Waals surface area contributed by atoms with Gasteiger partial charge in [0.1, 0.15) is 0 Å². The molecule has 1 fully saturated rings. The molecule has 0 saturated heterocycles. The van der Waals surface area contributed by atoms with Crippen LogP contribution < -0.4 is 0 Å². The van der Waals surface area contributed by atoms with E-state index in [0.717, 1.165) is 5.92 Å². The first-order chi connectivity index (χ1) is 11.7. The molecule has 0 amide bonds. The Kier molecular flexibility index (Phi) is 6.12. The lowest BCUT2D eigenvalue weighted by Crippen LogP contribution is -2.09. The van der Waals surface area contributed by atoms with E-state index in [0.29, 0.717) is 0 Å². The van der Waals surface area contributed by atoms with Crippen molar-refractivity contribution in [1.82, 2.24) is 0 Å². The van der Waals surface area contributed by atoms with Crippen LogP contribution in [0.5, 0.6) is 0 Å². The van der Waals surface area contributed by atoms with Crippen LogP contribution >= 0.6 is 0 Å². The standard InChI is InChI=1S/C24H31/c1-19-7-11-21(12-8-19)5-3-4-6-22-13-17-24(18-14-22)23-15-9-20(2)10-16-23/h7-8,11-14,17-18,23H,3-6,9-10,15-16H2,1-2H3. The number of hydrogen-bond donors (Lipinski definition) is 0. The molecule has 0 heterocycles. The second-order valence-corrected chi connectivity index (χ2v) is 7.67. The molecule has 0 aliphatic heterocycles. The van der Waals surface area contributed by atoms with Crippen LogP contribution in [0.15, 0.2) is 48.5 Å². The molecule has 2 aromatic rings. The van der Waals surface area contributed by atoms with Gasteiger partial charge in [0.15, 0.2) is 0 Å². The minimum Gasteiger partial charge on any atom is -0.0591 e. The van der Waals surface area contributed by atoms with Crippen LogP contribution in [0.1, 0.15) is 73.6 Å². The van der Waals surface area contributed by atoms with Crippen molar-refractivity contribution in [2.24, 2.45) is 0 Å². The van der Waals surface area contributed by atoms with Crippen LogP contribution in [0, 0.1) is 12.8 Å². The van der Waals surface area contributed by atoms with Gasteiger partial charge in [0, 0.05) is 0 Å². The zero-order valence-corrected chi connectivity index (χ0v) is 15.4. The fourth-order valence-corrected chi connectivity index (χ4v) is 3.81. The van der Waals surface area contributed by atoms with Gasteiger partial charge >= 0.3 is 0 Å². The summed E-state index contributed by atoms with van der Waals surface area (Å²) in [5, 5.41) is 0. The Hall–Kier alpha value is -1.56. The fraction of sp³-hybridized carbons (Fsp3) is 0.458. The molecule has 0 unspecified atom stereocenters. The molecule has 127 valence electrons. The zero-order chi connectivity index (χ0) is 16.8. The van der Waals surface area contributed by atoms with Gasteiger partial charge in [-0.05, 0) is 86.8 Å². The summed E-state index contributed by atoms with van der Waals surface area (Å²) < 4.78 is 0. The number of aryl methyl sites for hydroxylation is 3. The Morgan fingerprint density at radius 1 is 0.708 bits per heavy atom. The summed E-state index contributed by atoms with van der Waals surface area (Å²) in [6.07, 6.45) is 10.3. The first-order valence-corrected chi connectivity index (χ1v) is 9.66. The van der Waals surface area contributed by atoms with Gasteiger partial charge < -0.3 is 0 Å². The molecule has 1 saturated carbocycles. The Bertz CT molecular complexity index is 597. The Balaban J connectivity index is 1.42. The van der Waals surface area contributed by atoms with Crippen molar-refractivity contribution in [2.75, 3.05) is 0 Å². The third kappa shape index (κ3) is 4.97. The molecule has 3 rings (SSSR count). The van der Waals surface area contributed by atoms with E-state index in [-0.39, 0.29) is 0 Å². The third-order valence-electron chi connectivity index (χ3n) is 5.59. The molecule has 0 bridgehead atoms. The number of rotatable bonds is 6. The summed E-state index contributed by atoms with van der Waals surface area (Å²) in [6.45, 7) is 4.47. The van der Waals surface area contributed by atoms with Gasteiger partial charge in [-0.1, -0.05) is 61.0 Å². The van der Waals surface area contributed by atoms with Crippen LogP contribution in [0.3, 0.4) is 0 Å². The topological polar surface area (TPSA) is 0 Å². The quantitative estimate of drug-likeness (QED) is 0.513. The van der Waals surface area contributed by atoms with Gasteiger partial charge in [-0.15, -0.1) is 0 Å². The van der Waals surface area contributed by atoms with E-state index < -0.39 is 0 Å². The summed E-state index contributed by atoms with van der Waals surface area (Å²) in [7, 11) is 0. The molecule has 0 aromatic heterocycles. The van der Waals surface area contributed by atoms with E-state index in [1.165, 1.54) is 68.1 Å². The predicted molar refractivity (Wildman–Crippen MR) is 104 cm³/mol. The second kappa shape index (κ2) is 8.51. The Morgan fingerprint density at radius 3 is 1.75 bits per heavy atom. The van der Waals surface area contributed by atoms with Crippen molar-refractivity contribution in [2.45, 2.75) is 71.1 Å². The molecule has 24 heavy (non-hydrogen) atoms. The van der Waals surface area contributed by atoms with Gasteiger partial charge in [0.05, 0.1) is 0 Å². The Labute approximate surface area is 148 Å². The lowest BCUT2D eigenvalue weighted by molar-refractivity contribution is 0.472. The molecule has 0 spiro atoms. The lowest BCUT2D eigenvalue weighted by atomic mass is 9.79. The van der Waals surface area contributed by atoms with Crippen molar-refractivity contribution in [1.29, 1.82) is 0 Å². The number of hydrogen-bond acceptors (Lipinski definition) is 0. The van der Waals surface area contributed by atoms with Crippen LogP contribution in [0.25, 0.3) is 0 Å². The van der Waals surface area contributed by atoms with Gasteiger partial charge in [-0.25, -0.2) is 0 Å². The molecular formula is C24H31. The van der Waals surface area contributed by atoms with E-state index >= 15 is 0 Å². The highest BCUT2D eigenvalue weighted by Crippen LogP contribution is 2.36. The van der Waals surface area contributed by atoms with Crippen LogP contribution in [-0.4, -0.2) is 0 Å². The average Bonchev–Trinajstić information content (AvgIpc) is 2.62. The largest absolute Gasteiger partial charge is 0.0591 e. The van der Waals surface area contributed by atoms with Crippen molar-refractivity contribution < 1.29 is 0 Å². The predicted octanol–water partition coefficient (Wildman–Crippen LogP) is 6.81. The molecule has 0 heteroatoms. The maximum absolute atomic E-state index is 2.39. The van der Waals surface area contributed by atoms with Crippen molar-refractivity contribution in [3.8, 4) is 0 Å². The minimum absolute atomic E-state index is 0.796. The monoisotopic (exact) mass is 319 g/mol. The van der Waals surface area contributed by atoms with E-state index in [4.69, 9.17) is 0 Å². The SMILES string of the molecule is C[C]1CCC(c2ccc(CCCCc3ccc(C)cc3)cc2)CC1. The normalized spacial score (nSPS) is 16.4. The zero-order valence-electron chi connectivity index (χ0n) is 15.4. The summed E-state index contributed by atoms with van der Waals surface area (Å²) >= 11 is 0. The van der Waals surface area contributed by atoms with E-state index in [1.807, 2.05) is 0 Å². The molecule has 0 N–H and O–H groups in total. The third-order valence-corrected chi connectivity index (χ3v) is 5.59. The molecule has 2 aromatic carbocycles. The van der Waals surface area contributed by atoms with Crippen molar-refractivity contribution >= 4 is 0 Å². The second-order valence-electron chi connectivity index (χ2n) is 7.67. The van der Waals surface area contributed by atoms with E-state index in [1.54, 1.807) is 11.5 Å². The van der Waals surface area contributed by atoms with Crippen molar-refractivity contribution in [3.63, 3.8) is 0 Å². The fourth-order valence-electron chi connectivity index (χ4n) is 3.81. The number of benzene rings is 2. The molecule has 1 radical (unpaired) electrons. The maximum Gasteiger partial charge on any atom is -0.0162 e. The van der Waals surface area contributed by atoms with Crippen LogP contribution in [-0.2, 0) is 12.8 Å². The molecule has 0 nitrogen and oxygen atoms in total. The van der Waals surface area contributed by atoms with E-state index in [9.17, 15) is 0 Å². The minimum atomic E-state index is 0.796. The number of unbranched alkanes of at least 4 members (excludes halogenated alkanes) is 1. The lowest BCUT2D eigenvalue weighted by Gasteiger charge is -2.26. The molecule has 1 aliphatic carbocycles. The van der Waals surface area contributed by atoms with Gasteiger partial charge in [-0.3, -0.25) is 0 Å². The highest BCUT2D eigenvalue weighted by molar-refractivity contribution is 5.26. The molecule has 1 aliphatic rings.